The van der Waals surface area contributed by atoms with Gasteiger partial charge in [-0.1, -0.05) is 11.6 Å². The van der Waals surface area contributed by atoms with Crippen LogP contribution >= 0.6 is 11.6 Å². The molecule has 6 rings (SSSR count). The fourth-order valence-corrected chi connectivity index (χ4v) is 6.23. The van der Waals surface area contributed by atoms with Crippen molar-refractivity contribution in [3.05, 3.63) is 64.9 Å². The molecule has 3 fully saturated rings. The normalized spacial score (nSPS) is 22.6. The smallest absolute Gasteiger partial charge is 0.137 e. The first kappa shape index (κ1) is 25.2. The monoisotopic (exact) mass is 530 g/mol. The van der Waals surface area contributed by atoms with E-state index < -0.39 is 0 Å². The Hall–Kier alpha value is -3.05. The highest BCUT2D eigenvalue weighted by atomic mass is 35.5. The minimum Gasteiger partial charge on any atom is -0.490 e. The minimum atomic E-state index is 0.170. The molecule has 0 amide bonds. The van der Waals surface area contributed by atoms with Gasteiger partial charge < -0.3 is 24.8 Å². The van der Waals surface area contributed by atoms with Gasteiger partial charge in [-0.2, -0.15) is 5.26 Å². The van der Waals surface area contributed by atoms with Gasteiger partial charge in [0.15, 0.2) is 0 Å². The summed E-state index contributed by atoms with van der Waals surface area (Å²) in [6.45, 7) is 8.13. The summed E-state index contributed by atoms with van der Waals surface area (Å²) in [5.74, 6) is 2.92. The summed E-state index contributed by atoms with van der Waals surface area (Å²) >= 11 is 6.16. The highest BCUT2D eigenvalue weighted by molar-refractivity contribution is 6.31. The number of imidazole rings is 1. The Bertz CT molecular complexity index is 1260. The molecule has 3 aliphatic rings. The first-order valence-corrected chi connectivity index (χ1v) is 14.2. The van der Waals surface area contributed by atoms with E-state index in [0.717, 1.165) is 74.9 Å². The number of benzene rings is 2. The number of H-pyrrole nitrogens is 1. The van der Waals surface area contributed by atoms with Crippen LogP contribution in [0.5, 0.6) is 5.75 Å². The quantitative estimate of drug-likeness (QED) is 0.445. The second kappa shape index (κ2) is 11.4. The second-order valence-electron chi connectivity index (χ2n) is 10.9. The number of aromatic amines is 1. The van der Waals surface area contributed by atoms with Crippen LogP contribution in [0.1, 0.15) is 42.9 Å². The molecule has 2 aromatic carbocycles. The molecule has 1 aliphatic carbocycles. The van der Waals surface area contributed by atoms with Crippen LogP contribution in [0.2, 0.25) is 5.02 Å². The van der Waals surface area contributed by atoms with Crippen LogP contribution in [0, 0.1) is 17.2 Å². The Morgan fingerprint density at radius 1 is 1.03 bits per heavy atom. The van der Waals surface area contributed by atoms with Crippen molar-refractivity contribution in [1.82, 2.24) is 20.2 Å². The molecule has 1 aromatic heterocycles. The molecule has 0 unspecified atom stereocenters. The lowest BCUT2D eigenvalue weighted by Crippen LogP contribution is -2.54. The van der Waals surface area contributed by atoms with E-state index in [1.54, 1.807) is 12.1 Å². The van der Waals surface area contributed by atoms with E-state index in [4.69, 9.17) is 26.6 Å². The van der Waals surface area contributed by atoms with Crippen molar-refractivity contribution in [2.75, 3.05) is 50.7 Å². The number of rotatable bonds is 7. The highest BCUT2D eigenvalue weighted by Crippen LogP contribution is 2.35. The number of hydrogen-bond donors (Lipinski definition) is 2. The van der Waals surface area contributed by atoms with E-state index in [1.807, 2.05) is 12.3 Å². The lowest BCUT2D eigenvalue weighted by molar-refractivity contribution is 0.146. The van der Waals surface area contributed by atoms with Crippen LogP contribution < -0.4 is 15.0 Å². The fourth-order valence-electron chi connectivity index (χ4n) is 6.02. The lowest BCUT2D eigenvalue weighted by Gasteiger charge is -2.44. The molecule has 2 N–H and O–H groups in total. The number of nitrogens with one attached hydrogen (secondary N) is 2. The molecule has 1 saturated carbocycles. The first-order valence-electron chi connectivity index (χ1n) is 13.8. The van der Waals surface area contributed by atoms with Crippen molar-refractivity contribution >= 4 is 17.3 Å². The summed E-state index contributed by atoms with van der Waals surface area (Å²) < 4.78 is 6.15. The average molecular weight is 531 g/mol. The van der Waals surface area contributed by atoms with Crippen LogP contribution in [0.25, 0.3) is 11.4 Å². The summed E-state index contributed by atoms with van der Waals surface area (Å²) in [7, 11) is 0. The minimum absolute atomic E-state index is 0.170. The molecule has 3 heterocycles. The van der Waals surface area contributed by atoms with E-state index in [-0.39, 0.29) is 6.10 Å². The fraction of sp³-hybridized carbons (Fsp3) is 0.467. The predicted octanol–water partition coefficient (Wildman–Crippen LogP) is 5.05. The van der Waals surface area contributed by atoms with Crippen LogP contribution in [0.4, 0.5) is 5.69 Å². The summed E-state index contributed by atoms with van der Waals surface area (Å²) in [4.78, 5) is 13.4. The van der Waals surface area contributed by atoms with E-state index in [0.29, 0.717) is 16.5 Å². The molecular weight excluding hydrogens is 496 g/mol. The third-order valence-corrected chi connectivity index (χ3v) is 8.58. The van der Waals surface area contributed by atoms with Crippen LogP contribution in [-0.2, 0) is 0 Å². The summed E-state index contributed by atoms with van der Waals surface area (Å²) in [6.07, 6.45) is 6.25. The van der Waals surface area contributed by atoms with Crippen LogP contribution in [0.15, 0.2) is 48.7 Å². The van der Waals surface area contributed by atoms with Gasteiger partial charge >= 0.3 is 0 Å². The second-order valence-corrected chi connectivity index (χ2v) is 11.3. The highest BCUT2D eigenvalue weighted by Gasteiger charge is 2.29. The zero-order valence-corrected chi connectivity index (χ0v) is 22.5. The Labute approximate surface area is 229 Å². The summed E-state index contributed by atoms with van der Waals surface area (Å²) in [5.41, 5.74) is 4.12. The van der Waals surface area contributed by atoms with Gasteiger partial charge in [0.25, 0.3) is 0 Å². The maximum atomic E-state index is 9.06. The van der Waals surface area contributed by atoms with Gasteiger partial charge in [0, 0.05) is 86.9 Å². The van der Waals surface area contributed by atoms with Crippen molar-refractivity contribution in [2.45, 2.75) is 37.7 Å². The third-order valence-electron chi connectivity index (χ3n) is 8.26. The standard InChI is InChI=1S/C30H35ClN6O/c31-28-15-27(10-5-24(28)16-32)38-26-8-3-22(4-9-26)29-17-34-30(35-29)23-1-6-25(7-2-23)37-19-21(20-37)18-36-13-11-33-12-14-36/h1-2,5-7,10,15,17,21-22,26,33H,3-4,8-9,11-14,18-20H2,(H,34,35)/t22-,26-. The molecule has 198 valence electrons. The molecule has 38 heavy (non-hydrogen) atoms. The van der Waals surface area contributed by atoms with Gasteiger partial charge in [-0.25, -0.2) is 4.98 Å². The van der Waals surface area contributed by atoms with E-state index in [2.05, 4.69) is 50.4 Å². The largest absolute Gasteiger partial charge is 0.490 e. The molecule has 0 radical (unpaired) electrons. The van der Waals surface area contributed by atoms with Gasteiger partial charge in [-0.15, -0.1) is 0 Å². The van der Waals surface area contributed by atoms with Gasteiger partial charge in [0.05, 0.1) is 16.7 Å². The van der Waals surface area contributed by atoms with E-state index in [1.165, 1.54) is 31.0 Å². The molecule has 0 atom stereocenters. The number of hydrogen-bond acceptors (Lipinski definition) is 6. The van der Waals surface area contributed by atoms with E-state index in [9.17, 15) is 0 Å². The predicted molar refractivity (Wildman–Crippen MR) is 151 cm³/mol. The number of nitriles is 1. The van der Waals surface area contributed by atoms with Crippen molar-refractivity contribution in [2.24, 2.45) is 5.92 Å². The number of piperazine rings is 1. The SMILES string of the molecule is N#Cc1ccc(O[C@H]2CC[C@H](c3cnc(-c4ccc(N5CC(CN6CCNCC6)C5)cc4)[nH]3)CC2)cc1Cl. The molecule has 7 nitrogen and oxygen atoms in total. The van der Waals surface area contributed by atoms with E-state index >= 15 is 0 Å². The Balaban J connectivity index is 0.986. The average Bonchev–Trinajstić information content (AvgIpc) is 3.42. The number of ether oxygens (including phenoxy) is 1. The molecule has 8 heteroatoms. The maximum Gasteiger partial charge on any atom is 0.137 e. The lowest BCUT2D eigenvalue weighted by atomic mass is 9.85. The Kier molecular flexibility index (Phi) is 7.55. The topological polar surface area (TPSA) is 80.2 Å². The van der Waals surface area contributed by atoms with Gasteiger partial charge in [-0.3, -0.25) is 0 Å². The van der Waals surface area contributed by atoms with Crippen molar-refractivity contribution in [1.29, 1.82) is 5.26 Å². The number of anilines is 1. The number of aromatic nitrogens is 2. The Morgan fingerprint density at radius 3 is 2.50 bits per heavy atom. The molecule has 2 saturated heterocycles. The third kappa shape index (κ3) is 5.68. The van der Waals surface area contributed by atoms with Crippen LogP contribution in [-0.4, -0.2) is 66.8 Å². The van der Waals surface area contributed by atoms with Gasteiger partial charge in [0.2, 0.25) is 0 Å². The maximum absolute atomic E-state index is 9.06. The van der Waals surface area contributed by atoms with Gasteiger partial charge in [0.1, 0.15) is 17.6 Å². The molecule has 0 spiro atoms. The molecule has 2 aliphatic heterocycles. The van der Waals surface area contributed by atoms with Crippen LogP contribution in [0.3, 0.4) is 0 Å². The molecular formula is C30H35ClN6O. The Morgan fingerprint density at radius 2 is 1.79 bits per heavy atom. The zero-order valence-electron chi connectivity index (χ0n) is 21.7. The zero-order chi connectivity index (χ0) is 25.9. The number of nitrogens with zero attached hydrogens (tertiary/aromatic N) is 4. The first-order chi connectivity index (χ1) is 18.6. The van der Waals surface area contributed by atoms with Gasteiger partial charge in [-0.05, 0) is 62.1 Å². The van der Waals surface area contributed by atoms with Crippen molar-refractivity contribution < 1.29 is 4.74 Å². The van der Waals surface area contributed by atoms with Crippen molar-refractivity contribution in [3.8, 4) is 23.2 Å². The number of halogens is 1. The summed E-state index contributed by atoms with van der Waals surface area (Å²) in [6, 6.07) is 16.2. The molecule has 3 aromatic rings. The molecule has 0 bridgehead atoms. The summed E-state index contributed by atoms with van der Waals surface area (Å²) in [5, 5.41) is 12.9. The van der Waals surface area contributed by atoms with Crippen molar-refractivity contribution in [3.63, 3.8) is 0 Å².